The summed E-state index contributed by atoms with van der Waals surface area (Å²) in [4.78, 5) is 4.34. The Balaban J connectivity index is 2.08. The summed E-state index contributed by atoms with van der Waals surface area (Å²) in [5, 5.41) is 10.9. The van der Waals surface area contributed by atoms with Crippen LogP contribution in [-0.4, -0.2) is 20.8 Å². The summed E-state index contributed by atoms with van der Waals surface area (Å²) in [6.07, 6.45) is 4.55. The van der Waals surface area contributed by atoms with Crippen LogP contribution in [0, 0.1) is 17.8 Å². The maximum Gasteiger partial charge on any atom is 0.0956 e. The summed E-state index contributed by atoms with van der Waals surface area (Å²) < 4.78 is 2.25. The Morgan fingerprint density at radius 1 is 1.18 bits per heavy atom. The lowest BCUT2D eigenvalue weighted by Gasteiger charge is -2.33. The summed E-state index contributed by atoms with van der Waals surface area (Å²) in [5.74, 6) is 1.01. The lowest BCUT2D eigenvalue weighted by atomic mass is 9.79. The molecule has 1 aromatic carbocycles. The summed E-state index contributed by atoms with van der Waals surface area (Å²) in [6, 6.07) is 8.73. The zero-order valence-corrected chi connectivity index (χ0v) is 13.9. The molecule has 1 N–H and O–H groups in total. The monoisotopic (exact) mass is 298 g/mol. The molecule has 0 amide bonds. The van der Waals surface area contributed by atoms with Crippen molar-refractivity contribution in [2.24, 2.45) is 17.8 Å². The minimum atomic E-state index is -0.311. The van der Waals surface area contributed by atoms with Crippen LogP contribution in [-0.2, 0) is 0 Å². The van der Waals surface area contributed by atoms with Crippen LogP contribution in [0.2, 0.25) is 0 Å². The number of aliphatic hydroxyl groups excluding tert-OH is 1. The highest BCUT2D eigenvalue weighted by atomic mass is 16.3. The average molecular weight is 298 g/mol. The third kappa shape index (κ3) is 2.48. The molecule has 0 spiro atoms. The van der Waals surface area contributed by atoms with Gasteiger partial charge in [0.1, 0.15) is 0 Å². The fourth-order valence-electron chi connectivity index (χ4n) is 3.80. The molecule has 3 heteroatoms. The number of fused-ring (bicyclic) bond motifs is 3. The lowest BCUT2D eigenvalue weighted by Crippen LogP contribution is -2.34. The molecule has 0 radical (unpaired) electrons. The SMILES string of the molecule is CC(C)CC([C@@H](O)C(C)C)[C@@H]1c2ccccc2-c2cncn21. The lowest BCUT2D eigenvalue weighted by molar-refractivity contribution is 0.0364. The van der Waals surface area contributed by atoms with Crippen molar-refractivity contribution in [2.45, 2.75) is 46.3 Å². The van der Waals surface area contributed by atoms with E-state index in [1.54, 1.807) is 0 Å². The first-order valence-electron chi connectivity index (χ1n) is 8.30. The Kier molecular flexibility index (Phi) is 4.09. The van der Waals surface area contributed by atoms with E-state index in [1.165, 1.54) is 16.8 Å². The summed E-state index contributed by atoms with van der Waals surface area (Å²) in [6.45, 7) is 8.67. The second kappa shape index (κ2) is 5.88. The van der Waals surface area contributed by atoms with Crippen LogP contribution in [0.25, 0.3) is 11.3 Å². The van der Waals surface area contributed by atoms with Crippen LogP contribution in [0.15, 0.2) is 36.8 Å². The van der Waals surface area contributed by atoms with E-state index in [4.69, 9.17) is 0 Å². The van der Waals surface area contributed by atoms with Gasteiger partial charge in [0, 0.05) is 11.5 Å². The quantitative estimate of drug-likeness (QED) is 0.901. The molecule has 3 nitrogen and oxygen atoms in total. The Morgan fingerprint density at radius 2 is 1.91 bits per heavy atom. The Bertz CT molecular complexity index is 644. The standard InChI is InChI=1S/C19H26N2O/c1-12(2)9-16(19(22)13(3)4)18-15-8-6-5-7-14(15)17-10-20-11-21(17)18/h5-8,10-13,16,18-19,22H,9H2,1-4H3/t16?,18-,19-/m0/s1. The van der Waals surface area contributed by atoms with Gasteiger partial charge in [-0.25, -0.2) is 4.98 Å². The van der Waals surface area contributed by atoms with Crippen molar-refractivity contribution in [3.05, 3.63) is 42.4 Å². The molecular formula is C19H26N2O. The number of benzene rings is 1. The predicted molar refractivity (Wildman–Crippen MR) is 89.6 cm³/mol. The highest BCUT2D eigenvalue weighted by Gasteiger charge is 2.38. The zero-order valence-electron chi connectivity index (χ0n) is 13.9. The molecule has 0 bridgehead atoms. The van der Waals surface area contributed by atoms with Gasteiger partial charge in [0.2, 0.25) is 0 Å². The van der Waals surface area contributed by atoms with E-state index in [1.807, 2.05) is 12.5 Å². The first-order valence-corrected chi connectivity index (χ1v) is 8.30. The van der Waals surface area contributed by atoms with E-state index in [0.717, 1.165) is 6.42 Å². The molecule has 2 aromatic rings. The maximum atomic E-state index is 10.9. The first kappa shape index (κ1) is 15.3. The van der Waals surface area contributed by atoms with Crippen LogP contribution in [0.3, 0.4) is 0 Å². The molecule has 0 saturated heterocycles. The Hall–Kier alpha value is -1.61. The summed E-state index contributed by atoms with van der Waals surface area (Å²) in [7, 11) is 0. The van der Waals surface area contributed by atoms with Crippen LogP contribution in [0.5, 0.6) is 0 Å². The van der Waals surface area contributed by atoms with Crippen molar-refractivity contribution >= 4 is 0 Å². The molecular weight excluding hydrogens is 272 g/mol. The number of aromatic nitrogens is 2. The highest BCUT2D eigenvalue weighted by Crippen LogP contribution is 2.46. The molecule has 3 rings (SSSR count). The minimum absolute atomic E-state index is 0.188. The van der Waals surface area contributed by atoms with Crippen LogP contribution in [0.4, 0.5) is 0 Å². The molecule has 118 valence electrons. The van der Waals surface area contributed by atoms with Gasteiger partial charge in [-0.2, -0.15) is 0 Å². The molecule has 0 saturated carbocycles. The number of aliphatic hydroxyl groups is 1. The Morgan fingerprint density at radius 3 is 2.59 bits per heavy atom. The second-order valence-corrected chi connectivity index (χ2v) is 7.25. The molecule has 3 atom stereocenters. The molecule has 1 aromatic heterocycles. The molecule has 1 unspecified atom stereocenters. The molecule has 0 fully saturated rings. The first-order chi connectivity index (χ1) is 10.5. The number of hydrogen-bond donors (Lipinski definition) is 1. The van der Waals surface area contributed by atoms with Crippen molar-refractivity contribution in [1.29, 1.82) is 0 Å². The highest BCUT2D eigenvalue weighted by molar-refractivity contribution is 5.69. The fourth-order valence-corrected chi connectivity index (χ4v) is 3.80. The number of imidazole rings is 1. The van der Waals surface area contributed by atoms with Gasteiger partial charge < -0.3 is 9.67 Å². The van der Waals surface area contributed by atoms with Gasteiger partial charge in [-0.15, -0.1) is 0 Å². The fraction of sp³-hybridized carbons (Fsp3) is 0.526. The van der Waals surface area contributed by atoms with Crippen molar-refractivity contribution in [3.63, 3.8) is 0 Å². The maximum absolute atomic E-state index is 10.9. The topological polar surface area (TPSA) is 38.1 Å². The van der Waals surface area contributed by atoms with E-state index >= 15 is 0 Å². The normalized spacial score (nSPS) is 19.3. The largest absolute Gasteiger partial charge is 0.392 e. The van der Waals surface area contributed by atoms with Gasteiger partial charge >= 0.3 is 0 Å². The summed E-state index contributed by atoms with van der Waals surface area (Å²) >= 11 is 0. The average Bonchev–Trinajstić information content (AvgIpc) is 3.04. The predicted octanol–water partition coefficient (Wildman–Crippen LogP) is 4.13. The van der Waals surface area contributed by atoms with Crippen LogP contribution in [0.1, 0.15) is 45.7 Å². The summed E-state index contributed by atoms with van der Waals surface area (Å²) in [5.41, 5.74) is 3.75. The zero-order chi connectivity index (χ0) is 15.9. The molecule has 1 aliphatic rings. The van der Waals surface area contributed by atoms with Gasteiger partial charge in [-0.1, -0.05) is 52.0 Å². The van der Waals surface area contributed by atoms with Crippen molar-refractivity contribution in [3.8, 4) is 11.3 Å². The third-order valence-electron chi connectivity index (χ3n) is 4.79. The smallest absolute Gasteiger partial charge is 0.0956 e. The van der Waals surface area contributed by atoms with Crippen molar-refractivity contribution < 1.29 is 5.11 Å². The van der Waals surface area contributed by atoms with Gasteiger partial charge in [0.25, 0.3) is 0 Å². The van der Waals surface area contributed by atoms with Gasteiger partial charge in [-0.05, 0) is 23.8 Å². The van der Waals surface area contributed by atoms with E-state index in [2.05, 4.69) is 61.5 Å². The molecule has 2 heterocycles. The third-order valence-corrected chi connectivity index (χ3v) is 4.79. The van der Waals surface area contributed by atoms with E-state index in [9.17, 15) is 5.11 Å². The number of nitrogens with zero attached hydrogens (tertiary/aromatic N) is 2. The molecule has 1 aliphatic heterocycles. The van der Waals surface area contributed by atoms with Gasteiger partial charge in [-0.3, -0.25) is 0 Å². The van der Waals surface area contributed by atoms with E-state index in [-0.39, 0.29) is 24.0 Å². The van der Waals surface area contributed by atoms with Crippen LogP contribution >= 0.6 is 0 Å². The molecule has 22 heavy (non-hydrogen) atoms. The second-order valence-electron chi connectivity index (χ2n) is 7.25. The van der Waals surface area contributed by atoms with E-state index in [0.29, 0.717) is 5.92 Å². The van der Waals surface area contributed by atoms with Crippen LogP contribution < -0.4 is 0 Å². The molecule has 0 aliphatic carbocycles. The minimum Gasteiger partial charge on any atom is -0.392 e. The number of hydrogen-bond acceptors (Lipinski definition) is 2. The van der Waals surface area contributed by atoms with Crippen molar-refractivity contribution in [2.75, 3.05) is 0 Å². The number of rotatable bonds is 5. The van der Waals surface area contributed by atoms with Gasteiger partial charge in [0.15, 0.2) is 0 Å². The Labute approximate surface area is 133 Å². The van der Waals surface area contributed by atoms with Crippen molar-refractivity contribution in [1.82, 2.24) is 9.55 Å². The van der Waals surface area contributed by atoms with E-state index < -0.39 is 0 Å². The van der Waals surface area contributed by atoms with Gasteiger partial charge in [0.05, 0.1) is 30.4 Å².